The molecule has 5 rings (SSSR count). The minimum Gasteiger partial charge on any atom is -0.494 e. The number of aliphatic hydroxyl groups is 1. The molecule has 1 amide bonds. The van der Waals surface area contributed by atoms with Gasteiger partial charge in [-0.1, -0.05) is 48.4 Å². The van der Waals surface area contributed by atoms with Crippen molar-refractivity contribution in [1.82, 2.24) is 5.32 Å². The lowest BCUT2D eigenvalue weighted by molar-refractivity contribution is -0.0460. The first-order chi connectivity index (χ1) is 17.8. The summed E-state index contributed by atoms with van der Waals surface area (Å²) in [5, 5.41) is 14.8. The first-order valence-electron chi connectivity index (χ1n) is 12.5. The highest BCUT2D eigenvalue weighted by molar-refractivity contribution is 6.34. The number of hydrogen-bond donors (Lipinski definition) is 3. The molecule has 0 spiro atoms. The minimum atomic E-state index is -0.976. The van der Waals surface area contributed by atoms with Crippen LogP contribution in [0.3, 0.4) is 0 Å². The maximum absolute atomic E-state index is 15.7. The Hall–Kier alpha value is -3.13. The molecule has 1 saturated carbocycles. The van der Waals surface area contributed by atoms with E-state index in [0.717, 1.165) is 24.8 Å². The van der Waals surface area contributed by atoms with Crippen LogP contribution in [0.25, 0.3) is 11.1 Å². The molecule has 1 fully saturated rings. The van der Waals surface area contributed by atoms with Crippen molar-refractivity contribution >= 4 is 17.5 Å². The molecule has 37 heavy (non-hydrogen) atoms. The SMILES string of the molecule is COc1ccc(C(N)=O)c(-c2c(Cl)ccc3c2C[C@@](CNC2(O)CCCCC2)(c2ccccc2)O3)c1F. The van der Waals surface area contributed by atoms with Crippen molar-refractivity contribution in [3.05, 3.63) is 82.1 Å². The number of halogens is 2. The molecule has 194 valence electrons. The number of carbonyl (C=O) groups excluding carboxylic acids is 1. The zero-order valence-corrected chi connectivity index (χ0v) is 21.4. The van der Waals surface area contributed by atoms with Crippen LogP contribution in [0.1, 0.15) is 53.6 Å². The predicted octanol–water partition coefficient (Wildman–Crippen LogP) is 5.33. The summed E-state index contributed by atoms with van der Waals surface area (Å²) >= 11 is 6.68. The number of rotatable bonds is 7. The van der Waals surface area contributed by atoms with Crippen molar-refractivity contribution in [2.75, 3.05) is 13.7 Å². The normalized spacial score (nSPS) is 20.2. The number of fused-ring (bicyclic) bond motifs is 1. The van der Waals surface area contributed by atoms with Crippen LogP contribution in [0.15, 0.2) is 54.6 Å². The summed E-state index contributed by atoms with van der Waals surface area (Å²) in [4.78, 5) is 12.3. The molecule has 1 heterocycles. The molecule has 0 unspecified atom stereocenters. The molecular formula is C29H30ClFN2O4. The Kier molecular flexibility index (Phi) is 6.88. The molecule has 3 aromatic rings. The number of methoxy groups -OCH3 is 1. The molecule has 1 aliphatic carbocycles. The third-order valence-corrected chi connectivity index (χ3v) is 7.83. The fourth-order valence-electron chi connectivity index (χ4n) is 5.56. The number of hydrogen-bond acceptors (Lipinski definition) is 5. The highest BCUT2D eigenvalue weighted by Crippen LogP contribution is 2.49. The van der Waals surface area contributed by atoms with Gasteiger partial charge in [0.1, 0.15) is 11.5 Å². The van der Waals surface area contributed by atoms with Crippen LogP contribution < -0.4 is 20.5 Å². The van der Waals surface area contributed by atoms with Gasteiger partial charge in [-0.15, -0.1) is 0 Å². The molecule has 0 aromatic heterocycles. The van der Waals surface area contributed by atoms with E-state index in [1.165, 1.54) is 19.2 Å². The van der Waals surface area contributed by atoms with E-state index < -0.39 is 23.1 Å². The summed E-state index contributed by atoms with van der Waals surface area (Å²) in [6.07, 6.45) is 4.67. The molecule has 2 aliphatic rings. The van der Waals surface area contributed by atoms with Crippen molar-refractivity contribution < 1.29 is 23.8 Å². The second kappa shape index (κ2) is 9.97. The maximum atomic E-state index is 15.7. The van der Waals surface area contributed by atoms with Gasteiger partial charge >= 0.3 is 0 Å². The second-order valence-corrected chi connectivity index (χ2v) is 10.3. The van der Waals surface area contributed by atoms with Gasteiger partial charge in [-0.25, -0.2) is 4.39 Å². The van der Waals surface area contributed by atoms with E-state index in [4.69, 9.17) is 26.8 Å². The Morgan fingerprint density at radius 3 is 2.51 bits per heavy atom. The van der Waals surface area contributed by atoms with Gasteiger partial charge in [0.25, 0.3) is 0 Å². The molecular weight excluding hydrogens is 495 g/mol. The zero-order chi connectivity index (χ0) is 26.2. The van der Waals surface area contributed by atoms with Gasteiger partial charge in [-0.2, -0.15) is 0 Å². The molecule has 0 bridgehead atoms. The van der Waals surface area contributed by atoms with Gasteiger partial charge in [0.05, 0.1) is 12.7 Å². The predicted molar refractivity (Wildman–Crippen MR) is 140 cm³/mol. The van der Waals surface area contributed by atoms with E-state index in [0.29, 0.717) is 42.7 Å². The van der Waals surface area contributed by atoms with Crippen molar-refractivity contribution in [1.29, 1.82) is 0 Å². The standard InChI is InChI=1S/C29H30ClFN2O4/c1-36-23-12-10-19(27(32)34)25(26(23)31)24-20-16-28(18-8-4-2-5-9-18,37-22(20)13-11-21(24)30)17-33-29(35)14-6-3-7-15-29/h2,4-5,8-13,33,35H,3,6-7,14-17H2,1H3,(H2,32,34)/t28-/m1/s1. The quantitative estimate of drug-likeness (QED) is 0.363. The van der Waals surface area contributed by atoms with E-state index in [2.05, 4.69) is 5.32 Å². The molecule has 3 aromatic carbocycles. The number of nitrogens with two attached hydrogens (primary N) is 1. The van der Waals surface area contributed by atoms with Gasteiger partial charge < -0.3 is 20.3 Å². The second-order valence-electron chi connectivity index (χ2n) is 9.85. The molecule has 6 nitrogen and oxygen atoms in total. The third kappa shape index (κ3) is 4.67. The summed E-state index contributed by atoms with van der Waals surface area (Å²) in [5.41, 5.74) is 5.66. The summed E-state index contributed by atoms with van der Waals surface area (Å²) < 4.78 is 27.5. The minimum absolute atomic E-state index is 0.000419. The van der Waals surface area contributed by atoms with Crippen molar-refractivity contribution in [2.24, 2.45) is 5.73 Å². The first kappa shape index (κ1) is 25.5. The van der Waals surface area contributed by atoms with Gasteiger partial charge in [-0.3, -0.25) is 10.1 Å². The number of amides is 1. The molecule has 4 N–H and O–H groups in total. The average Bonchev–Trinajstić information content (AvgIpc) is 3.29. The average molecular weight is 525 g/mol. The van der Waals surface area contributed by atoms with E-state index >= 15 is 4.39 Å². The largest absolute Gasteiger partial charge is 0.494 e. The topological polar surface area (TPSA) is 93.8 Å². The van der Waals surface area contributed by atoms with Crippen molar-refractivity contribution in [2.45, 2.75) is 49.9 Å². The fraction of sp³-hybridized carbons (Fsp3) is 0.345. The van der Waals surface area contributed by atoms with Crippen LogP contribution in [0, 0.1) is 5.82 Å². The summed E-state index contributed by atoms with van der Waals surface area (Å²) in [5.74, 6) is -0.998. The lowest BCUT2D eigenvalue weighted by Gasteiger charge is -2.38. The number of primary amides is 1. The lowest BCUT2D eigenvalue weighted by atomic mass is 9.84. The summed E-state index contributed by atoms with van der Waals surface area (Å²) in [7, 11) is 1.36. The highest BCUT2D eigenvalue weighted by atomic mass is 35.5. The van der Waals surface area contributed by atoms with Crippen molar-refractivity contribution in [3.63, 3.8) is 0 Å². The molecule has 0 radical (unpaired) electrons. The number of nitrogens with one attached hydrogen (secondary N) is 1. The number of carbonyl (C=O) groups is 1. The van der Waals surface area contributed by atoms with Gasteiger partial charge in [0.15, 0.2) is 17.2 Å². The third-order valence-electron chi connectivity index (χ3n) is 7.51. The number of ether oxygens (including phenoxy) is 2. The number of benzene rings is 3. The van der Waals surface area contributed by atoms with Crippen LogP contribution in [0.5, 0.6) is 11.5 Å². The molecule has 8 heteroatoms. The summed E-state index contributed by atoms with van der Waals surface area (Å²) in [6, 6.07) is 15.9. The van der Waals surface area contributed by atoms with Crippen LogP contribution in [0.4, 0.5) is 4.39 Å². The smallest absolute Gasteiger partial charge is 0.249 e. The van der Waals surface area contributed by atoms with Crippen LogP contribution in [0.2, 0.25) is 5.02 Å². The van der Waals surface area contributed by atoms with Crippen LogP contribution >= 0.6 is 11.6 Å². The summed E-state index contributed by atoms with van der Waals surface area (Å²) in [6.45, 7) is 0.322. The van der Waals surface area contributed by atoms with E-state index in [-0.39, 0.29) is 21.9 Å². The van der Waals surface area contributed by atoms with Gasteiger partial charge in [0.2, 0.25) is 5.91 Å². The zero-order valence-electron chi connectivity index (χ0n) is 20.7. The maximum Gasteiger partial charge on any atom is 0.249 e. The Morgan fingerprint density at radius 1 is 1.11 bits per heavy atom. The Labute approximate surface area is 220 Å². The van der Waals surface area contributed by atoms with Gasteiger partial charge in [-0.05, 0) is 55.5 Å². The fourth-order valence-corrected chi connectivity index (χ4v) is 5.83. The van der Waals surface area contributed by atoms with E-state index in [1.54, 1.807) is 12.1 Å². The monoisotopic (exact) mass is 524 g/mol. The van der Waals surface area contributed by atoms with E-state index in [1.807, 2.05) is 30.3 Å². The van der Waals surface area contributed by atoms with E-state index in [9.17, 15) is 9.90 Å². The van der Waals surface area contributed by atoms with Crippen LogP contribution in [-0.4, -0.2) is 30.4 Å². The van der Waals surface area contributed by atoms with Crippen molar-refractivity contribution in [3.8, 4) is 22.6 Å². The van der Waals surface area contributed by atoms with Crippen LogP contribution in [-0.2, 0) is 12.0 Å². The molecule has 0 saturated heterocycles. The molecule has 1 atom stereocenters. The lowest BCUT2D eigenvalue weighted by Crippen LogP contribution is -2.53. The Morgan fingerprint density at radius 2 is 1.84 bits per heavy atom. The Balaban J connectivity index is 1.63. The highest BCUT2D eigenvalue weighted by Gasteiger charge is 2.45. The molecule has 1 aliphatic heterocycles. The Bertz CT molecular complexity index is 1330. The first-order valence-corrected chi connectivity index (χ1v) is 12.8. The van der Waals surface area contributed by atoms with Gasteiger partial charge in [0, 0.05) is 34.7 Å².